The lowest BCUT2D eigenvalue weighted by atomic mass is 10.0. The Morgan fingerprint density at radius 3 is 2.16 bits per heavy atom. The van der Waals surface area contributed by atoms with E-state index in [1.807, 2.05) is 20.8 Å². The number of rotatable bonds is 8. The van der Waals surface area contributed by atoms with Gasteiger partial charge in [0.1, 0.15) is 5.72 Å². The summed E-state index contributed by atoms with van der Waals surface area (Å²) < 4.78 is 5.63. The number of amides is 2. The zero-order chi connectivity index (χ0) is 15.1. The van der Waals surface area contributed by atoms with E-state index in [0.717, 1.165) is 6.42 Å². The molecule has 0 radical (unpaired) electrons. The quantitative estimate of drug-likeness (QED) is 0.664. The minimum atomic E-state index is -0.685. The van der Waals surface area contributed by atoms with Crippen LogP contribution in [0.3, 0.4) is 0 Å². The van der Waals surface area contributed by atoms with Crippen molar-refractivity contribution in [3.63, 3.8) is 0 Å². The Kier molecular flexibility index (Phi) is 7.05. The van der Waals surface area contributed by atoms with E-state index in [1.165, 1.54) is 6.92 Å². The third kappa shape index (κ3) is 9.47. The fourth-order valence-electron chi connectivity index (χ4n) is 1.75. The molecule has 0 aliphatic carbocycles. The highest BCUT2D eigenvalue weighted by molar-refractivity contribution is 5.76. The van der Waals surface area contributed by atoms with E-state index in [2.05, 4.69) is 10.6 Å². The molecular weight excluding hydrogens is 244 g/mol. The molecule has 0 bridgehead atoms. The molecule has 0 fully saturated rings. The number of ether oxygens (including phenoxy) is 1. The number of carbonyl (C=O) groups is 2. The molecule has 0 saturated heterocycles. The maximum atomic E-state index is 11.6. The van der Waals surface area contributed by atoms with Crippen LogP contribution in [0.15, 0.2) is 0 Å². The molecule has 0 aromatic carbocycles. The van der Waals surface area contributed by atoms with E-state index in [0.29, 0.717) is 19.4 Å². The van der Waals surface area contributed by atoms with Crippen LogP contribution in [0.4, 0.5) is 0 Å². The third-order valence-corrected chi connectivity index (χ3v) is 2.62. The zero-order valence-corrected chi connectivity index (χ0v) is 13.1. The van der Waals surface area contributed by atoms with Crippen molar-refractivity contribution < 1.29 is 14.3 Å². The minimum Gasteiger partial charge on any atom is -0.356 e. The van der Waals surface area contributed by atoms with Crippen LogP contribution >= 0.6 is 0 Å². The molecule has 0 spiro atoms. The Morgan fingerprint density at radius 1 is 1.11 bits per heavy atom. The summed E-state index contributed by atoms with van der Waals surface area (Å²) in [4.78, 5) is 22.5. The number of nitrogens with one attached hydrogen (secondary N) is 2. The first kappa shape index (κ1) is 17.9. The summed E-state index contributed by atoms with van der Waals surface area (Å²) in [6.45, 7) is 11.4. The highest BCUT2D eigenvalue weighted by Gasteiger charge is 2.23. The van der Waals surface area contributed by atoms with E-state index < -0.39 is 5.72 Å². The van der Waals surface area contributed by atoms with Gasteiger partial charge in [-0.25, -0.2) is 0 Å². The van der Waals surface area contributed by atoms with Crippen LogP contribution in [-0.4, -0.2) is 29.7 Å². The van der Waals surface area contributed by atoms with Crippen LogP contribution < -0.4 is 10.6 Å². The molecule has 19 heavy (non-hydrogen) atoms. The standard InChI is InChI=1S/C14H28N2O3/c1-7-8-12(18)16-13(3,4)9-10-19-14(5,6)15-11(2)17/h7-10H2,1-6H3,(H,15,17)(H,16,18). The second-order valence-corrected chi connectivity index (χ2v) is 5.97. The Labute approximate surface area is 116 Å². The summed E-state index contributed by atoms with van der Waals surface area (Å²) >= 11 is 0. The topological polar surface area (TPSA) is 67.4 Å². The van der Waals surface area contributed by atoms with Crippen molar-refractivity contribution in [3.8, 4) is 0 Å². The van der Waals surface area contributed by atoms with Crippen molar-refractivity contribution in [2.75, 3.05) is 6.61 Å². The van der Waals surface area contributed by atoms with Gasteiger partial charge in [0.05, 0.1) is 6.61 Å². The fourth-order valence-corrected chi connectivity index (χ4v) is 1.75. The second-order valence-electron chi connectivity index (χ2n) is 5.97. The van der Waals surface area contributed by atoms with E-state index in [-0.39, 0.29) is 17.4 Å². The van der Waals surface area contributed by atoms with Gasteiger partial charge in [-0.2, -0.15) is 0 Å². The van der Waals surface area contributed by atoms with Gasteiger partial charge in [0.25, 0.3) is 0 Å². The molecule has 2 amide bonds. The van der Waals surface area contributed by atoms with Gasteiger partial charge in [0.2, 0.25) is 11.8 Å². The van der Waals surface area contributed by atoms with Crippen molar-refractivity contribution in [1.82, 2.24) is 10.6 Å². The molecular formula is C14H28N2O3. The maximum Gasteiger partial charge on any atom is 0.220 e. The maximum absolute atomic E-state index is 11.6. The summed E-state index contributed by atoms with van der Waals surface area (Å²) in [5.41, 5.74) is -0.992. The van der Waals surface area contributed by atoms with Gasteiger partial charge in [-0.05, 0) is 40.5 Å². The van der Waals surface area contributed by atoms with Gasteiger partial charge in [-0.1, -0.05) is 6.92 Å². The summed E-state index contributed by atoms with van der Waals surface area (Å²) in [5.74, 6) is -0.0610. The molecule has 5 nitrogen and oxygen atoms in total. The summed E-state index contributed by atoms with van der Waals surface area (Å²) in [6, 6.07) is 0. The van der Waals surface area contributed by atoms with E-state index >= 15 is 0 Å². The van der Waals surface area contributed by atoms with Crippen LogP contribution in [0.2, 0.25) is 0 Å². The van der Waals surface area contributed by atoms with E-state index in [1.54, 1.807) is 13.8 Å². The zero-order valence-electron chi connectivity index (χ0n) is 13.1. The Balaban J connectivity index is 4.10. The van der Waals surface area contributed by atoms with E-state index in [9.17, 15) is 9.59 Å². The first-order valence-electron chi connectivity index (χ1n) is 6.82. The molecule has 0 aromatic heterocycles. The predicted octanol–water partition coefficient (Wildman–Crippen LogP) is 1.96. The average molecular weight is 272 g/mol. The highest BCUT2D eigenvalue weighted by atomic mass is 16.5. The van der Waals surface area contributed by atoms with Crippen LogP contribution in [0.25, 0.3) is 0 Å². The van der Waals surface area contributed by atoms with Gasteiger partial charge in [-0.3, -0.25) is 9.59 Å². The molecule has 0 atom stereocenters. The van der Waals surface area contributed by atoms with Gasteiger partial charge in [0, 0.05) is 18.9 Å². The minimum absolute atomic E-state index is 0.0635. The average Bonchev–Trinajstić information content (AvgIpc) is 2.12. The molecule has 0 aliphatic rings. The molecule has 112 valence electrons. The monoisotopic (exact) mass is 272 g/mol. The predicted molar refractivity (Wildman–Crippen MR) is 75.6 cm³/mol. The van der Waals surface area contributed by atoms with Crippen molar-refractivity contribution >= 4 is 11.8 Å². The Bertz CT molecular complexity index is 312. The molecule has 0 unspecified atom stereocenters. The molecule has 0 aromatic rings. The molecule has 2 N–H and O–H groups in total. The van der Waals surface area contributed by atoms with Gasteiger partial charge in [0.15, 0.2) is 0 Å². The van der Waals surface area contributed by atoms with Crippen molar-refractivity contribution in [2.45, 2.75) is 72.1 Å². The number of carbonyl (C=O) groups excluding carboxylic acids is 2. The normalized spacial score (nSPS) is 12.1. The van der Waals surface area contributed by atoms with Crippen LogP contribution in [0.1, 0.15) is 60.8 Å². The third-order valence-electron chi connectivity index (χ3n) is 2.62. The van der Waals surface area contributed by atoms with E-state index in [4.69, 9.17) is 4.74 Å². The molecule has 0 saturated carbocycles. The summed E-state index contributed by atoms with van der Waals surface area (Å²) in [7, 11) is 0. The Hall–Kier alpha value is -1.10. The van der Waals surface area contributed by atoms with Crippen molar-refractivity contribution in [2.24, 2.45) is 0 Å². The van der Waals surface area contributed by atoms with Crippen LogP contribution in [0, 0.1) is 0 Å². The highest BCUT2D eigenvalue weighted by Crippen LogP contribution is 2.12. The second kappa shape index (κ2) is 7.48. The summed E-state index contributed by atoms with van der Waals surface area (Å²) in [6.07, 6.45) is 2.07. The molecule has 5 heteroatoms. The lowest BCUT2D eigenvalue weighted by Gasteiger charge is -2.30. The first-order valence-corrected chi connectivity index (χ1v) is 6.82. The van der Waals surface area contributed by atoms with Crippen molar-refractivity contribution in [1.29, 1.82) is 0 Å². The Morgan fingerprint density at radius 2 is 1.68 bits per heavy atom. The van der Waals surface area contributed by atoms with Gasteiger partial charge >= 0.3 is 0 Å². The molecule has 0 heterocycles. The first-order chi connectivity index (χ1) is 8.58. The molecule has 0 aliphatic heterocycles. The largest absolute Gasteiger partial charge is 0.356 e. The smallest absolute Gasteiger partial charge is 0.220 e. The lowest BCUT2D eigenvalue weighted by molar-refractivity contribution is -0.129. The summed E-state index contributed by atoms with van der Waals surface area (Å²) in [5, 5.41) is 5.70. The van der Waals surface area contributed by atoms with Gasteiger partial charge in [-0.15, -0.1) is 0 Å². The molecule has 0 rings (SSSR count). The van der Waals surface area contributed by atoms with Crippen molar-refractivity contribution in [3.05, 3.63) is 0 Å². The number of hydrogen-bond donors (Lipinski definition) is 2. The lowest BCUT2D eigenvalue weighted by Crippen LogP contribution is -2.47. The fraction of sp³-hybridized carbons (Fsp3) is 0.857. The van der Waals surface area contributed by atoms with Crippen LogP contribution in [-0.2, 0) is 14.3 Å². The SMILES string of the molecule is CCCC(=O)NC(C)(C)CCOC(C)(C)NC(C)=O. The number of hydrogen-bond acceptors (Lipinski definition) is 3. The van der Waals surface area contributed by atoms with Crippen LogP contribution in [0.5, 0.6) is 0 Å². The van der Waals surface area contributed by atoms with Gasteiger partial charge < -0.3 is 15.4 Å².